The SMILES string of the molecule is C=COCc1ccc(N(C)C)cc1. The molecule has 70 valence electrons. The molecule has 0 saturated heterocycles. The maximum Gasteiger partial charge on any atom is 0.112 e. The highest BCUT2D eigenvalue weighted by Gasteiger charge is 1.95. The highest BCUT2D eigenvalue weighted by Crippen LogP contribution is 2.12. The van der Waals surface area contributed by atoms with Crippen LogP contribution in [0, 0.1) is 0 Å². The Balaban J connectivity index is 2.64. The third-order valence-electron chi connectivity index (χ3n) is 1.82. The monoisotopic (exact) mass is 177 g/mol. The first-order chi connectivity index (χ1) is 6.24. The molecule has 1 aromatic carbocycles. The van der Waals surface area contributed by atoms with Crippen molar-refractivity contribution in [3.8, 4) is 0 Å². The molecule has 0 fully saturated rings. The Kier molecular flexibility index (Phi) is 3.38. The normalized spacial score (nSPS) is 9.38. The first-order valence-corrected chi connectivity index (χ1v) is 4.23. The fourth-order valence-electron chi connectivity index (χ4n) is 1.05. The second kappa shape index (κ2) is 4.55. The van der Waals surface area contributed by atoms with Gasteiger partial charge < -0.3 is 9.64 Å². The Labute approximate surface area is 79.4 Å². The van der Waals surface area contributed by atoms with E-state index in [0.717, 1.165) is 5.56 Å². The molecule has 0 saturated carbocycles. The summed E-state index contributed by atoms with van der Waals surface area (Å²) in [6.07, 6.45) is 1.46. The van der Waals surface area contributed by atoms with Gasteiger partial charge in [-0.3, -0.25) is 0 Å². The van der Waals surface area contributed by atoms with Crippen LogP contribution >= 0.6 is 0 Å². The van der Waals surface area contributed by atoms with Crippen molar-refractivity contribution >= 4 is 5.69 Å². The van der Waals surface area contributed by atoms with Gasteiger partial charge in [0.25, 0.3) is 0 Å². The van der Waals surface area contributed by atoms with E-state index in [1.807, 2.05) is 14.1 Å². The predicted molar refractivity (Wildman–Crippen MR) is 55.8 cm³/mol. The smallest absolute Gasteiger partial charge is 0.112 e. The fourth-order valence-corrected chi connectivity index (χ4v) is 1.05. The van der Waals surface area contributed by atoms with E-state index in [1.165, 1.54) is 11.9 Å². The zero-order chi connectivity index (χ0) is 9.68. The van der Waals surface area contributed by atoms with Crippen LogP contribution in [0.4, 0.5) is 5.69 Å². The van der Waals surface area contributed by atoms with Crippen molar-refractivity contribution in [2.75, 3.05) is 19.0 Å². The average molecular weight is 177 g/mol. The van der Waals surface area contributed by atoms with Crippen LogP contribution in [-0.4, -0.2) is 14.1 Å². The average Bonchev–Trinajstić information content (AvgIpc) is 2.15. The summed E-state index contributed by atoms with van der Waals surface area (Å²) in [5.41, 5.74) is 2.35. The number of nitrogens with zero attached hydrogens (tertiary/aromatic N) is 1. The number of hydrogen-bond acceptors (Lipinski definition) is 2. The van der Waals surface area contributed by atoms with Crippen molar-refractivity contribution in [1.29, 1.82) is 0 Å². The quantitative estimate of drug-likeness (QED) is 0.655. The second-order valence-electron chi connectivity index (χ2n) is 3.04. The Bertz CT molecular complexity index is 264. The van der Waals surface area contributed by atoms with Crippen LogP contribution < -0.4 is 4.90 Å². The molecule has 0 aromatic heterocycles. The van der Waals surface area contributed by atoms with Gasteiger partial charge in [0.1, 0.15) is 6.61 Å². The number of ether oxygens (including phenoxy) is 1. The van der Waals surface area contributed by atoms with E-state index in [2.05, 4.69) is 35.7 Å². The molecule has 1 aromatic rings. The summed E-state index contributed by atoms with van der Waals surface area (Å²) in [7, 11) is 4.05. The van der Waals surface area contributed by atoms with Gasteiger partial charge in [0.2, 0.25) is 0 Å². The van der Waals surface area contributed by atoms with Crippen LogP contribution in [0.15, 0.2) is 37.1 Å². The minimum absolute atomic E-state index is 0.594. The third kappa shape index (κ3) is 2.82. The second-order valence-corrected chi connectivity index (χ2v) is 3.04. The molecule has 0 unspecified atom stereocenters. The largest absolute Gasteiger partial charge is 0.497 e. The molecule has 0 heterocycles. The minimum Gasteiger partial charge on any atom is -0.497 e. The standard InChI is InChI=1S/C11H15NO/c1-4-13-9-10-5-7-11(8-6-10)12(2)3/h4-8H,1,9H2,2-3H3. The summed E-state index contributed by atoms with van der Waals surface area (Å²) < 4.78 is 5.07. The lowest BCUT2D eigenvalue weighted by Crippen LogP contribution is -2.08. The summed E-state index contributed by atoms with van der Waals surface area (Å²) in [5, 5.41) is 0. The summed E-state index contributed by atoms with van der Waals surface area (Å²) >= 11 is 0. The van der Waals surface area contributed by atoms with Gasteiger partial charge in [-0.25, -0.2) is 0 Å². The van der Waals surface area contributed by atoms with Gasteiger partial charge >= 0.3 is 0 Å². The fraction of sp³-hybridized carbons (Fsp3) is 0.273. The Hall–Kier alpha value is -1.44. The molecule has 13 heavy (non-hydrogen) atoms. The molecule has 2 nitrogen and oxygen atoms in total. The first kappa shape index (κ1) is 9.65. The van der Waals surface area contributed by atoms with Crippen molar-refractivity contribution in [3.05, 3.63) is 42.7 Å². The lowest BCUT2D eigenvalue weighted by molar-refractivity contribution is 0.238. The summed E-state index contributed by atoms with van der Waals surface area (Å²) in [6.45, 7) is 4.09. The molecular formula is C11H15NO. The zero-order valence-corrected chi connectivity index (χ0v) is 8.16. The van der Waals surface area contributed by atoms with Crippen molar-refractivity contribution in [2.45, 2.75) is 6.61 Å². The molecule has 0 aliphatic carbocycles. The maximum absolute atomic E-state index is 5.07. The predicted octanol–water partition coefficient (Wildman–Crippen LogP) is 2.41. The van der Waals surface area contributed by atoms with E-state index in [9.17, 15) is 0 Å². The first-order valence-electron chi connectivity index (χ1n) is 4.23. The van der Waals surface area contributed by atoms with Crippen molar-refractivity contribution in [1.82, 2.24) is 0 Å². The summed E-state index contributed by atoms with van der Waals surface area (Å²) in [6, 6.07) is 8.25. The van der Waals surface area contributed by atoms with Gasteiger partial charge in [-0.1, -0.05) is 18.7 Å². The zero-order valence-electron chi connectivity index (χ0n) is 8.16. The molecule has 0 aliphatic rings. The Morgan fingerprint density at radius 3 is 2.38 bits per heavy atom. The van der Waals surface area contributed by atoms with E-state index in [4.69, 9.17) is 4.74 Å². The lowest BCUT2D eigenvalue weighted by Gasteiger charge is -2.12. The van der Waals surface area contributed by atoms with Gasteiger partial charge in [0.15, 0.2) is 0 Å². The molecule has 0 N–H and O–H groups in total. The highest BCUT2D eigenvalue weighted by atomic mass is 16.5. The summed E-state index contributed by atoms with van der Waals surface area (Å²) in [4.78, 5) is 2.07. The van der Waals surface area contributed by atoms with Crippen LogP contribution in [0.3, 0.4) is 0 Å². The van der Waals surface area contributed by atoms with Crippen LogP contribution in [0.5, 0.6) is 0 Å². The van der Waals surface area contributed by atoms with E-state index in [1.54, 1.807) is 0 Å². The molecule has 0 atom stereocenters. The van der Waals surface area contributed by atoms with Crippen molar-refractivity contribution < 1.29 is 4.74 Å². The highest BCUT2D eigenvalue weighted by molar-refractivity contribution is 5.45. The van der Waals surface area contributed by atoms with Crippen LogP contribution in [0.2, 0.25) is 0 Å². The van der Waals surface area contributed by atoms with Gasteiger partial charge in [0.05, 0.1) is 6.26 Å². The molecule has 0 aliphatic heterocycles. The van der Waals surface area contributed by atoms with Crippen molar-refractivity contribution in [2.24, 2.45) is 0 Å². The van der Waals surface area contributed by atoms with Crippen molar-refractivity contribution in [3.63, 3.8) is 0 Å². The number of anilines is 1. The number of rotatable bonds is 4. The van der Waals surface area contributed by atoms with Gasteiger partial charge in [0, 0.05) is 19.8 Å². The van der Waals surface area contributed by atoms with E-state index in [-0.39, 0.29) is 0 Å². The van der Waals surface area contributed by atoms with Crippen LogP contribution in [0.1, 0.15) is 5.56 Å². The number of hydrogen-bond donors (Lipinski definition) is 0. The molecule has 0 radical (unpaired) electrons. The topological polar surface area (TPSA) is 12.5 Å². The van der Waals surface area contributed by atoms with E-state index >= 15 is 0 Å². The summed E-state index contributed by atoms with van der Waals surface area (Å²) in [5.74, 6) is 0. The number of benzene rings is 1. The van der Waals surface area contributed by atoms with Gasteiger partial charge in [-0.15, -0.1) is 0 Å². The van der Waals surface area contributed by atoms with Gasteiger partial charge in [-0.05, 0) is 17.7 Å². The van der Waals surface area contributed by atoms with E-state index in [0.29, 0.717) is 6.61 Å². The molecule has 1 rings (SSSR count). The Morgan fingerprint density at radius 2 is 1.92 bits per heavy atom. The molecule has 0 bridgehead atoms. The molecular weight excluding hydrogens is 162 g/mol. The lowest BCUT2D eigenvalue weighted by atomic mass is 10.2. The molecule has 2 heteroatoms. The molecule has 0 spiro atoms. The molecule has 0 amide bonds. The Morgan fingerprint density at radius 1 is 1.31 bits per heavy atom. The van der Waals surface area contributed by atoms with Crippen LogP contribution in [-0.2, 0) is 11.3 Å². The third-order valence-corrected chi connectivity index (χ3v) is 1.82. The minimum atomic E-state index is 0.594. The van der Waals surface area contributed by atoms with Gasteiger partial charge in [-0.2, -0.15) is 0 Å². The maximum atomic E-state index is 5.07. The van der Waals surface area contributed by atoms with Crippen LogP contribution in [0.25, 0.3) is 0 Å². The van der Waals surface area contributed by atoms with E-state index < -0.39 is 0 Å².